The average Bonchev–Trinajstić information content (AvgIpc) is 2.62. The molecular formula is C14H20N2O2. The molecule has 0 radical (unpaired) electrons. The summed E-state index contributed by atoms with van der Waals surface area (Å²) in [6, 6.07) is 10.2. The van der Waals surface area contributed by atoms with Gasteiger partial charge in [0.25, 0.3) is 0 Å². The summed E-state index contributed by atoms with van der Waals surface area (Å²) in [4.78, 5) is 13.7. The Balaban J connectivity index is 1.80. The lowest BCUT2D eigenvalue weighted by Gasteiger charge is -2.19. The minimum absolute atomic E-state index is 0.213. The predicted octanol–water partition coefficient (Wildman–Crippen LogP) is 2.01. The molecule has 4 nitrogen and oxygen atoms in total. The van der Waals surface area contributed by atoms with E-state index >= 15 is 0 Å². The molecule has 1 fully saturated rings. The van der Waals surface area contributed by atoms with Gasteiger partial charge < -0.3 is 15.0 Å². The van der Waals surface area contributed by atoms with E-state index < -0.39 is 0 Å². The number of hydrogen-bond donors (Lipinski definition) is 1. The summed E-state index contributed by atoms with van der Waals surface area (Å²) < 4.78 is 5.32. The number of rotatable bonds is 2. The van der Waals surface area contributed by atoms with Crippen LogP contribution in [0.25, 0.3) is 0 Å². The van der Waals surface area contributed by atoms with E-state index in [1.807, 2.05) is 30.3 Å². The van der Waals surface area contributed by atoms with Crippen LogP contribution < -0.4 is 5.32 Å². The summed E-state index contributed by atoms with van der Waals surface area (Å²) in [6.45, 7) is 4.80. The Morgan fingerprint density at radius 3 is 2.94 bits per heavy atom. The van der Waals surface area contributed by atoms with Crippen molar-refractivity contribution < 1.29 is 9.53 Å². The molecule has 98 valence electrons. The summed E-state index contributed by atoms with van der Waals surface area (Å²) in [7, 11) is 0. The largest absolute Gasteiger partial charge is 0.445 e. The Bertz CT molecular complexity index is 381. The number of nitrogens with one attached hydrogen (secondary N) is 1. The molecule has 0 aromatic heterocycles. The Morgan fingerprint density at radius 2 is 2.17 bits per heavy atom. The summed E-state index contributed by atoms with van der Waals surface area (Å²) in [6.07, 6.45) is 0.759. The standard InChI is InChI=1S/C14H20N2O2/c1-12-7-9-16(10-8-15-12)14(17)18-11-13-5-3-2-4-6-13/h2-6,12,15H,7-11H2,1H3. The number of amides is 1. The maximum Gasteiger partial charge on any atom is 0.410 e. The molecule has 2 rings (SSSR count). The Morgan fingerprint density at radius 1 is 1.39 bits per heavy atom. The molecule has 1 amide bonds. The van der Waals surface area contributed by atoms with Gasteiger partial charge in [-0.25, -0.2) is 4.79 Å². The Hall–Kier alpha value is -1.55. The molecular weight excluding hydrogens is 228 g/mol. The third-order valence-corrected chi connectivity index (χ3v) is 3.17. The van der Waals surface area contributed by atoms with Gasteiger partial charge in [0.2, 0.25) is 0 Å². The highest BCUT2D eigenvalue weighted by atomic mass is 16.6. The molecule has 1 aromatic rings. The normalized spacial score (nSPS) is 20.3. The number of carbonyl (C=O) groups is 1. The van der Waals surface area contributed by atoms with E-state index in [0.717, 1.165) is 31.6 Å². The fourth-order valence-corrected chi connectivity index (χ4v) is 2.00. The zero-order chi connectivity index (χ0) is 12.8. The van der Waals surface area contributed by atoms with Crippen LogP contribution in [0, 0.1) is 0 Å². The minimum atomic E-state index is -0.213. The predicted molar refractivity (Wildman–Crippen MR) is 70.3 cm³/mol. The highest BCUT2D eigenvalue weighted by Crippen LogP contribution is 2.06. The summed E-state index contributed by atoms with van der Waals surface area (Å²) in [5, 5.41) is 3.35. The third kappa shape index (κ3) is 3.74. The highest BCUT2D eigenvalue weighted by Gasteiger charge is 2.18. The molecule has 1 aliphatic rings. The lowest BCUT2D eigenvalue weighted by molar-refractivity contribution is 0.0983. The van der Waals surface area contributed by atoms with E-state index in [9.17, 15) is 4.79 Å². The molecule has 4 heteroatoms. The first-order valence-corrected chi connectivity index (χ1v) is 6.45. The molecule has 1 atom stereocenters. The summed E-state index contributed by atoms with van der Waals surface area (Å²) in [5.41, 5.74) is 1.02. The second-order valence-electron chi connectivity index (χ2n) is 4.67. The van der Waals surface area contributed by atoms with Crippen LogP contribution in [0.4, 0.5) is 4.79 Å². The van der Waals surface area contributed by atoms with Crippen molar-refractivity contribution in [2.24, 2.45) is 0 Å². The lowest BCUT2D eigenvalue weighted by Crippen LogP contribution is -2.34. The molecule has 1 aliphatic heterocycles. The summed E-state index contributed by atoms with van der Waals surface area (Å²) in [5.74, 6) is 0. The van der Waals surface area contributed by atoms with Crippen LogP contribution in [-0.4, -0.2) is 36.7 Å². The monoisotopic (exact) mass is 248 g/mol. The van der Waals surface area contributed by atoms with E-state index in [0.29, 0.717) is 12.6 Å². The zero-order valence-corrected chi connectivity index (χ0v) is 10.8. The van der Waals surface area contributed by atoms with Gasteiger partial charge >= 0.3 is 6.09 Å². The van der Waals surface area contributed by atoms with Crippen LogP contribution in [0.5, 0.6) is 0 Å². The molecule has 1 N–H and O–H groups in total. The SMILES string of the molecule is CC1CCN(C(=O)OCc2ccccc2)CCN1. The molecule has 1 unspecified atom stereocenters. The summed E-state index contributed by atoms with van der Waals surface area (Å²) >= 11 is 0. The smallest absolute Gasteiger partial charge is 0.410 e. The Labute approximate surface area is 108 Å². The second-order valence-corrected chi connectivity index (χ2v) is 4.67. The first-order valence-electron chi connectivity index (χ1n) is 6.45. The quantitative estimate of drug-likeness (QED) is 0.870. The number of hydrogen-bond acceptors (Lipinski definition) is 3. The fraction of sp³-hybridized carbons (Fsp3) is 0.500. The van der Waals surface area contributed by atoms with Crippen LogP contribution in [0.2, 0.25) is 0 Å². The van der Waals surface area contributed by atoms with Gasteiger partial charge in [-0.2, -0.15) is 0 Å². The van der Waals surface area contributed by atoms with Crippen molar-refractivity contribution in [2.75, 3.05) is 19.6 Å². The third-order valence-electron chi connectivity index (χ3n) is 3.17. The van der Waals surface area contributed by atoms with Crippen molar-refractivity contribution in [3.8, 4) is 0 Å². The van der Waals surface area contributed by atoms with Crippen LogP contribution in [0.3, 0.4) is 0 Å². The van der Waals surface area contributed by atoms with Gasteiger partial charge in [0.05, 0.1) is 0 Å². The first kappa shape index (κ1) is 12.9. The van der Waals surface area contributed by atoms with Gasteiger partial charge in [-0.15, -0.1) is 0 Å². The zero-order valence-electron chi connectivity index (χ0n) is 10.8. The maximum atomic E-state index is 11.9. The van der Waals surface area contributed by atoms with Crippen molar-refractivity contribution in [3.05, 3.63) is 35.9 Å². The topological polar surface area (TPSA) is 41.6 Å². The number of ether oxygens (including phenoxy) is 1. The highest BCUT2D eigenvalue weighted by molar-refractivity contribution is 5.67. The van der Waals surface area contributed by atoms with E-state index in [4.69, 9.17) is 4.74 Å². The van der Waals surface area contributed by atoms with Crippen molar-refractivity contribution in [2.45, 2.75) is 26.0 Å². The van der Waals surface area contributed by atoms with Crippen molar-refractivity contribution >= 4 is 6.09 Å². The van der Waals surface area contributed by atoms with E-state index in [1.165, 1.54) is 0 Å². The van der Waals surface area contributed by atoms with Gasteiger partial charge in [0.15, 0.2) is 0 Å². The van der Waals surface area contributed by atoms with Crippen molar-refractivity contribution in [3.63, 3.8) is 0 Å². The Kier molecular flexibility index (Phi) is 4.59. The van der Waals surface area contributed by atoms with Gasteiger partial charge in [0.1, 0.15) is 6.61 Å². The number of benzene rings is 1. The molecule has 1 saturated heterocycles. The molecule has 0 bridgehead atoms. The van der Waals surface area contributed by atoms with Gasteiger partial charge in [-0.05, 0) is 18.9 Å². The van der Waals surface area contributed by atoms with Gasteiger partial charge in [0, 0.05) is 25.7 Å². The molecule has 0 aliphatic carbocycles. The van der Waals surface area contributed by atoms with Crippen molar-refractivity contribution in [1.29, 1.82) is 0 Å². The molecule has 1 heterocycles. The van der Waals surface area contributed by atoms with Crippen molar-refractivity contribution in [1.82, 2.24) is 10.2 Å². The number of carbonyl (C=O) groups excluding carboxylic acids is 1. The molecule has 18 heavy (non-hydrogen) atoms. The van der Waals surface area contributed by atoms with Crippen LogP contribution >= 0.6 is 0 Å². The van der Waals surface area contributed by atoms with Crippen LogP contribution in [0.15, 0.2) is 30.3 Å². The fourth-order valence-electron chi connectivity index (χ4n) is 2.00. The van der Waals surface area contributed by atoms with Crippen LogP contribution in [0.1, 0.15) is 18.9 Å². The van der Waals surface area contributed by atoms with E-state index in [1.54, 1.807) is 4.90 Å². The molecule has 1 aromatic carbocycles. The van der Waals surface area contributed by atoms with Crippen LogP contribution in [-0.2, 0) is 11.3 Å². The van der Waals surface area contributed by atoms with E-state index in [2.05, 4.69) is 12.2 Å². The number of nitrogens with zero attached hydrogens (tertiary/aromatic N) is 1. The average molecular weight is 248 g/mol. The molecule has 0 saturated carbocycles. The molecule has 0 spiro atoms. The van der Waals surface area contributed by atoms with E-state index in [-0.39, 0.29) is 6.09 Å². The minimum Gasteiger partial charge on any atom is -0.445 e. The van der Waals surface area contributed by atoms with Gasteiger partial charge in [-0.1, -0.05) is 30.3 Å². The van der Waals surface area contributed by atoms with Gasteiger partial charge in [-0.3, -0.25) is 0 Å². The maximum absolute atomic E-state index is 11.9. The second kappa shape index (κ2) is 6.40. The first-order chi connectivity index (χ1) is 8.75. The lowest BCUT2D eigenvalue weighted by atomic mass is 10.2.